The number of carbonyl (C=O) groups is 2. The molecule has 140 valence electrons. The minimum atomic E-state index is -0.200. The summed E-state index contributed by atoms with van der Waals surface area (Å²) in [6.07, 6.45) is 1.94. The molecular weight excluding hydrogens is 350 g/mol. The van der Waals surface area contributed by atoms with Crippen LogP contribution in [0, 0.1) is 5.92 Å². The van der Waals surface area contributed by atoms with Gasteiger partial charge in [0, 0.05) is 23.0 Å². The average Bonchev–Trinajstić information content (AvgIpc) is 3.56. The van der Waals surface area contributed by atoms with Gasteiger partial charge < -0.3 is 16.0 Å². The second kappa shape index (κ2) is 7.96. The predicted molar refractivity (Wildman–Crippen MR) is 112 cm³/mol. The van der Waals surface area contributed by atoms with Gasteiger partial charge in [0.2, 0.25) is 5.91 Å². The maximum atomic E-state index is 12.8. The van der Waals surface area contributed by atoms with Crippen molar-refractivity contribution < 1.29 is 9.59 Å². The first-order valence-corrected chi connectivity index (χ1v) is 9.32. The minimum absolute atomic E-state index is 0.0673. The largest absolute Gasteiger partial charge is 0.355 e. The molecule has 5 nitrogen and oxygen atoms in total. The van der Waals surface area contributed by atoms with Crippen LogP contribution in [0.5, 0.6) is 0 Å². The lowest BCUT2D eigenvalue weighted by Gasteiger charge is -2.13. The van der Waals surface area contributed by atoms with Crippen molar-refractivity contribution in [1.29, 1.82) is 0 Å². The third kappa shape index (κ3) is 4.38. The Labute approximate surface area is 163 Å². The summed E-state index contributed by atoms with van der Waals surface area (Å²) < 4.78 is 0. The Morgan fingerprint density at radius 1 is 0.679 bits per heavy atom. The van der Waals surface area contributed by atoms with E-state index >= 15 is 0 Å². The number of benzene rings is 3. The van der Waals surface area contributed by atoms with E-state index in [4.69, 9.17) is 0 Å². The molecule has 2 amide bonds. The third-order valence-electron chi connectivity index (χ3n) is 4.58. The molecule has 3 N–H and O–H groups in total. The average molecular weight is 371 g/mol. The summed E-state index contributed by atoms with van der Waals surface area (Å²) in [6.45, 7) is 0. The summed E-state index contributed by atoms with van der Waals surface area (Å²) in [6, 6.07) is 24.3. The van der Waals surface area contributed by atoms with Crippen LogP contribution in [-0.4, -0.2) is 11.8 Å². The number of rotatable bonds is 6. The lowest BCUT2D eigenvalue weighted by molar-refractivity contribution is -0.117. The van der Waals surface area contributed by atoms with Crippen LogP contribution in [0.1, 0.15) is 23.2 Å². The fraction of sp³-hybridized carbons (Fsp3) is 0.130. The Hall–Kier alpha value is -3.60. The van der Waals surface area contributed by atoms with E-state index in [1.54, 1.807) is 30.3 Å². The Balaban J connectivity index is 1.44. The zero-order valence-corrected chi connectivity index (χ0v) is 15.3. The zero-order valence-electron chi connectivity index (χ0n) is 15.3. The fourth-order valence-corrected chi connectivity index (χ4v) is 2.89. The lowest BCUT2D eigenvalue weighted by atomic mass is 10.1. The van der Waals surface area contributed by atoms with Gasteiger partial charge in [-0.1, -0.05) is 30.3 Å². The van der Waals surface area contributed by atoms with Crippen LogP contribution in [0.15, 0.2) is 78.9 Å². The molecule has 0 radical (unpaired) electrons. The van der Waals surface area contributed by atoms with E-state index in [0.29, 0.717) is 11.3 Å². The molecule has 3 aromatic carbocycles. The number of hydrogen-bond donors (Lipinski definition) is 3. The van der Waals surface area contributed by atoms with Gasteiger partial charge in [0.05, 0.1) is 11.3 Å². The molecule has 5 heteroatoms. The highest BCUT2D eigenvalue weighted by Crippen LogP contribution is 2.30. The first-order chi connectivity index (χ1) is 13.7. The van der Waals surface area contributed by atoms with Gasteiger partial charge in [-0.05, 0) is 61.4 Å². The molecule has 1 saturated carbocycles. The monoisotopic (exact) mass is 371 g/mol. The Morgan fingerprint density at radius 3 is 1.96 bits per heavy atom. The van der Waals surface area contributed by atoms with Crippen LogP contribution in [0.4, 0.5) is 22.7 Å². The summed E-state index contributed by atoms with van der Waals surface area (Å²) in [7, 11) is 0. The second-order valence-electron chi connectivity index (χ2n) is 6.83. The first-order valence-electron chi connectivity index (χ1n) is 9.32. The second-order valence-corrected chi connectivity index (χ2v) is 6.83. The minimum Gasteiger partial charge on any atom is -0.355 e. The van der Waals surface area contributed by atoms with Crippen LogP contribution >= 0.6 is 0 Å². The van der Waals surface area contributed by atoms with Gasteiger partial charge in [-0.2, -0.15) is 0 Å². The molecular formula is C23H21N3O2. The van der Waals surface area contributed by atoms with Crippen molar-refractivity contribution in [2.24, 2.45) is 5.92 Å². The van der Waals surface area contributed by atoms with Crippen molar-refractivity contribution in [2.75, 3.05) is 16.0 Å². The summed E-state index contributed by atoms with van der Waals surface area (Å²) in [5, 5.41) is 9.08. The smallest absolute Gasteiger partial charge is 0.257 e. The Kier molecular flexibility index (Phi) is 5.06. The van der Waals surface area contributed by atoms with Crippen molar-refractivity contribution in [1.82, 2.24) is 0 Å². The van der Waals surface area contributed by atoms with Gasteiger partial charge >= 0.3 is 0 Å². The molecule has 0 saturated heterocycles. The first kappa shape index (κ1) is 17.8. The number of amides is 2. The van der Waals surface area contributed by atoms with Gasteiger partial charge in [-0.25, -0.2) is 0 Å². The maximum Gasteiger partial charge on any atom is 0.257 e. The van der Waals surface area contributed by atoms with E-state index in [1.807, 2.05) is 48.5 Å². The fourth-order valence-electron chi connectivity index (χ4n) is 2.89. The van der Waals surface area contributed by atoms with Crippen molar-refractivity contribution in [3.05, 3.63) is 84.4 Å². The third-order valence-corrected chi connectivity index (χ3v) is 4.58. The maximum absolute atomic E-state index is 12.8. The quantitative estimate of drug-likeness (QED) is 0.569. The van der Waals surface area contributed by atoms with Crippen LogP contribution in [-0.2, 0) is 4.79 Å². The molecule has 0 aliphatic heterocycles. The van der Waals surface area contributed by atoms with Gasteiger partial charge in [0.25, 0.3) is 5.91 Å². The predicted octanol–water partition coefficient (Wildman–Crippen LogP) is 5.03. The van der Waals surface area contributed by atoms with Crippen LogP contribution in [0.2, 0.25) is 0 Å². The highest BCUT2D eigenvalue weighted by molar-refractivity contribution is 6.08. The lowest BCUT2D eigenvalue weighted by Crippen LogP contribution is -2.15. The van der Waals surface area contributed by atoms with E-state index in [0.717, 1.165) is 29.9 Å². The molecule has 0 atom stereocenters. The van der Waals surface area contributed by atoms with Gasteiger partial charge in [0.1, 0.15) is 0 Å². The van der Waals surface area contributed by atoms with E-state index < -0.39 is 0 Å². The summed E-state index contributed by atoms with van der Waals surface area (Å²) in [5.41, 5.74) is 3.61. The molecule has 1 aliphatic rings. The van der Waals surface area contributed by atoms with Crippen LogP contribution in [0.25, 0.3) is 0 Å². The normalized spacial score (nSPS) is 12.9. The molecule has 28 heavy (non-hydrogen) atoms. The summed E-state index contributed by atoms with van der Waals surface area (Å²) in [4.78, 5) is 24.6. The standard InChI is InChI=1S/C23H21N3O2/c27-22(16-10-11-16)25-18-12-14-19(15-13-18)26-23(28)20-8-4-5-9-21(20)24-17-6-2-1-3-7-17/h1-9,12-16,24H,10-11H2,(H,25,27)(H,26,28). The zero-order chi connectivity index (χ0) is 19.3. The van der Waals surface area contributed by atoms with E-state index in [-0.39, 0.29) is 17.7 Å². The van der Waals surface area contributed by atoms with E-state index in [9.17, 15) is 9.59 Å². The topological polar surface area (TPSA) is 70.2 Å². The number of para-hydroxylation sites is 2. The van der Waals surface area contributed by atoms with Crippen molar-refractivity contribution in [3.8, 4) is 0 Å². The summed E-state index contributed by atoms with van der Waals surface area (Å²) >= 11 is 0. The molecule has 0 bridgehead atoms. The highest BCUT2D eigenvalue weighted by atomic mass is 16.2. The number of carbonyl (C=O) groups excluding carboxylic acids is 2. The van der Waals surface area contributed by atoms with Crippen molar-refractivity contribution >= 4 is 34.6 Å². The van der Waals surface area contributed by atoms with Crippen LogP contribution in [0.3, 0.4) is 0 Å². The molecule has 4 rings (SSSR count). The van der Waals surface area contributed by atoms with E-state index in [2.05, 4.69) is 16.0 Å². The highest BCUT2D eigenvalue weighted by Gasteiger charge is 2.29. The molecule has 1 aliphatic carbocycles. The summed E-state index contributed by atoms with van der Waals surface area (Å²) in [5.74, 6) is 0.0273. The molecule has 0 unspecified atom stereocenters. The van der Waals surface area contributed by atoms with Crippen molar-refractivity contribution in [3.63, 3.8) is 0 Å². The number of anilines is 4. The van der Waals surface area contributed by atoms with Gasteiger partial charge in [0.15, 0.2) is 0 Å². The molecule has 0 spiro atoms. The molecule has 1 fully saturated rings. The number of hydrogen-bond acceptors (Lipinski definition) is 3. The van der Waals surface area contributed by atoms with Crippen LogP contribution < -0.4 is 16.0 Å². The Bertz CT molecular complexity index is 980. The van der Waals surface area contributed by atoms with E-state index in [1.165, 1.54) is 0 Å². The molecule has 3 aromatic rings. The SMILES string of the molecule is O=C(Nc1ccc(NC(=O)C2CC2)cc1)c1ccccc1Nc1ccccc1. The van der Waals surface area contributed by atoms with Gasteiger partial charge in [-0.3, -0.25) is 9.59 Å². The number of nitrogens with one attached hydrogen (secondary N) is 3. The molecule has 0 heterocycles. The molecule has 0 aromatic heterocycles. The van der Waals surface area contributed by atoms with Crippen molar-refractivity contribution in [2.45, 2.75) is 12.8 Å². The Morgan fingerprint density at radius 2 is 1.29 bits per heavy atom. The van der Waals surface area contributed by atoms with Gasteiger partial charge in [-0.15, -0.1) is 0 Å².